The van der Waals surface area contributed by atoms with E-state index in [1.54, 1.807) is 5.06 Å². The van der Waals surface area contributed by atoms with E-state index < -0.39 is 0 Å². The first-order valence-corrected chi connectivity index (χ1v) is 4.16. The molecule has 1 aliphatic heterocycles. The molecule has 0 spiro atoms. The molecule has 1 aliphatic rings. The molecule has 0 saturated heterocycles. The number of halogens is 1. The topological polar surface area (TPSA) is 12.5 Å². The van der Waals surface area contributed by atoms with Gasteiger partial charge < -0.3 is 0 Å². The summed E-state index contributed by atoms with van der Waals surface area (Å²) in [6, 6.07) is 0. The highest BCUT2D eigenvalue weighted by Crippen LogP contribution is 2.13. The van der Waals surface area contributed by atoms with Crippen molar-refractivity contribution in [2.24, 2.45) is 0 Å². The van der Waals surface area contributed by atoms with Gasteiger partial charge in [0.15, 0.2) is 0 Å². The van der Waals surface area contributed by atoms with Crippen molar-refractivity contribution < 1.29 is 4.84 Å². The van der Waals surface area contributed by atoms with Gasteiger partial charge in [-0.25, -0.2) is 5.06 Å². The zero-order valence-electron chi connectivity index (χ0n) is 5.83. The first-order valence-electron chi connectivity index (χ1n) is 3.25. The van der Waals surface area contributed by atoms with Crippen molar-refractivity contribution in [1.82, 2.24) is 5.06 Å². The summed E-state index contributed by atoms with van der Waals surface area (Å²) in [6.07, 6.45) is 7.82. The van der Waals surface area contributed by atoms with Gasteiger partial charge >= 0.3 is 0 Å². The van der Waals surface area contributed by atoms with E-state index in [4.69, 9.17) is 4.84 Å². The molecule has 0 amide bonds. The van der Waals surface area contributed by atoms with Gasteiger partial charge in [0.05, 0.1) is 6.61 Å². The summed E-state index contributed by atoms with van der Waals surface area (Å²) in [5.74, 6) is 0. The molecule has 0 saturated carbocycles. The molecule has 1 rings (SSSR count). The molecule has 0 aromatic carbocycles. The Kier molecular flexibility index (Phi) is 2.96. The van der Waals surface area contributed by atoms with Crippen LogP contribution in [0.1, 0.15) is 6.92 Å². The summed E-state index contributed by atoms with van der Waals surface area (Å²) in [4.78, 5) is 5.42. The maximum Gasteiger partial charge on any atom is 0.129 e. The van der Waals surface area contributed by atoms with Crippen LogP contribution in [0.3, 0.4) is 0 Å². The average molecular weight is 204 g/mol. The van der Waals surface area contributed by atoms with Gasteiger partial charge in [-0.2, -0.15) is 0 Å². The molecule has 1 unspecified atom stereocenters. The number of hydrogen-bond acceptors (Lipinski definition) is 2. The van der Waals surface area contributed by atoms with Crippen molar-refractivity contribution in [3.8, 4) is 0 Å². The standard InChI is InChI=1S/C7H10BrNO/c1-2-10-9-6-4-3-5-7(9)8/h3-7H,2H2,1H3. The smallest absolute Gasteiger partial charge is 0.129 e. The third-order valence-corrected chi connectivity index (χ3v) is 1.84. The average Bonchev–Trinajstić information content (AvgIpc) is 1.94. The molecule has 0 aliphatic carbocycles. The molecule has 0 aromatic rings. The number of rotatable bonds is 2. The summed E-state index contributed by atoms with van der Waals surface area (Å²) < 4.78 is 0. The van der Waals surface area contributed by atoms with Crippen LogP contribution in [-0.4, -0.2) is 16.6 Å². The Morgan fingerprint density at radius 2 is 2.40 bits per heavy atom. The Hall–Kier alpha value is -0.280. The van der Waals surface area contributed by atoms with Crippen LogP contribution in [0, 0.1) is 0 Å². The minimum absolute atomic E-state index is 0.178. The van der Waals surface area contributed by atoms with Crippen LogP contribution in [0.15, 0.2) is 24.4 Å². The van der Waals surface area contributed by atoms with Crippen molar-refractivity contribution in [2.45, 2.75) is 11.9 Å². The van der Waals surface area contributed by atoms with Gasteiger partial charge in [0.1, 0.15) is 4.95 Å². The van der Waals surface area contributed by atoms with Crippen LogP contribution in [0.2, 0.25) is 0 Å². The van der Waals surface area contributed by atoms with Gasteiger partial charge in [-0.05, 0) is 19.1 Å². The number of hydroxylamine groups is 2. The second-order valence-electron chi connectivity index (χ2n) is 1.88. The number of alkyl halides is 1. The molecule has 1 heterocycles. The fourth-order valence-corrected chi connectivity index (χ4v) is 1.15. The second kappa shape index (κ2) is 3.78. The maximum absolute atomic E-state index is 5.24. The monoisotopic (exact) mass is 203 g/mol. The fraction of sp³-hybridized carbons (Fsp3) is 0.429. The van der Waals surface area contributed by atoms with E-state index in [9.17, 15) is 0 Å². The lowest BCUT2D eigenvalue weighted by atomic mass is 10.4. The van der Waals surface area contributed by atoms with Gasteiger partial charge in [0.2, 0.25) is 0 Å². The first-order chi connectivity index (χ1) is 4.84. The van der Waals surface area contributed by atoms with Crippen molar-refractivity contribution >= 4 is 15.9 Å². The molecule has 2 nitrogen and oxygen atoms in total. The first kappa shape index (κ1) is 7.82. The minimum Gasteiger partial charge on any atom is -0.273 e. The van der Waals surface area contributed by atoms with E-state index in [0.717, 1.165) is 0 Å². The van der Waals surface area contributed by atoms with E-state index in [0.29, 0.717) is 6.61 Å². The van der Waals surface area contributed by atoms with Gasteiger partial charge in [-0.15, -0.1) is 0 Å². The molecule has 0 radical (unpaired) electrons. The highest BCUT2D eigenvalue weighted by Gasteiger charge is 2.09. The van der Waals surface area contributed by atoms with Crippen molar-refractivity contribution in [3.05, 3.63) is 24.4 Å². The lowest BCUT2D eigenvalue weighted by molar-refractivity contribution is -0.114. The third kappa shape index (κ3) is 1.85. The summed E-state index contributed by atoms with van der Waals surface area (Å²) in [5, 5.41) is 1.76. The molecule has 56 valence electrons. The van der Waals surface area contributed by atoms with Crippen LogP contribution in [0.25, 0.3) is 0 Å². The number of hydrogen-bond donors (Lipinski definition) is 0. The third-order valence-electron chi connectivity index (χ3n) is 1.14. The predicted molar refractivity (Wildman–Crippen MR) is 44.5 cm³/mol. The normalized spacial score (nSPS) is 23.8. The lowest BCUT2D eigenvalue weighted by Gasteiger charge is -2.23. The van der Waals surface area contributed by atoms with E-state index in [-0.39, 0.29) is 4.95 Å². The molecule has 0 aromatic heterocycles. The van der Waals surface area contributed by atoms with Crippen molar-refractivity contribution in [2.75, 3.05) is 6.61 Å². The van der Waals surface area contributed by atoms with E-state index in [1.807, 2.05) is 31.4 Å². The molecule has 3 heteroatoms. The van der Waals surface area contributed by atoms with Crippen LogP contribution in [0.4, 0.5) is 0 Å². The lowest BCUT2D eigenvalue weighted by Crippen LogP contribution is -2.25. The summed E-state index contributed by atoms with van der Waals surface area (Å²) in [7, 11) is 0. The predicted octanol–water partition coefficient (Wildman–Crippen LogP) is 2.04. The molecule has 1 atom stereocenters. The zero-order valence-corrected chi connectivity index (χ0v) is 7.41. The van der Waals surface area contributed by atoms with Crippen LogP contribution >= 0.6 is 15.9 Å². The summed E-state index contributed by atoms with van der Waals surface area (Å²) >= 11 is 3.42. The molecule has 10 heavy (non-hydrogen) atoms. The van der Waals surface area contributed by atoms with Gasteiger partial charge in [0, 0.05) is 6.20 Å². The van der Waals surface area contributed by atoms with E-state index in [1.165, 1.54) is 0 Å². The fourth-order valence-electron chi connectivity index (χ4n) is 0.721. The molecule has 0 fully saturated rings. The zero-order chi connectivity index (χ0) is 7.40. The SMILES string of the molecule is CCON1C=CC=CC1Br. The highest BCUT2D eigenvalue weighted by molar-refractivity contribution is 9.09. The molecular weight excluding hydrogens is 194 g/mol. The summed E-state index contributed by atoms with van der Waals surface area (Å²) in [5.41, 5.74) is 0. The Bertz CT molecular complexity index is 156. The van der Waals surface area contributed by atoms with Crippen LogP contribution in [-0.2, 0) is 4.84 Å². The van der Waals surface area contributed by atoms with Crippen LogP contribution in [0.5, 0.6) is 0 Å². The van der Waals surface area contributed by atoms with Gasteiger partial charge in [-0.1, -0.05) is 22.0 Å². The van der Waals surface area contributed by atoms with E-state index in [2.05, 4.69) is 15.9 Å². The molecule has 0 N–H and O–H groups in total. The quantitative estimate of drug-likeness (QED) is 0.504. The van der Waals surface area contributed by atoms with Crippen LogP contribution < -0.4 is 0 Å². The largest absolute Gasteiger partial charge is 0.273 e. The molecular formula is C7H10BrNO. The Balaban J connectivity index is 2.44. The Morgan fingerprint density at radius 3 is 3.00 bits per heavy atom. The van der Waals surface area contributed by atoms with Crippen molar-refractivity contribution in [1.29, 1.82) is 0 Å². The van der Waals surface area contributed by atoms with E-state index >= 15 is 0 Å². The maximum atomic E-state index is 5.24. The Morgan fingerprint density at radius 1 is 1.60 bits per heavy atom. The second-order valence-corrected chi connectivity index (χ2v) is 2.81. The highest BCUT2D eigenvalue weighted by atomic mass is 79.9. The van der Waals surface area contributed by atoms with Gasteiger partial charge in [0.25, 0.3) is 0 Å². The van der Waals surface area contributed by atoms with Gasteiger partial charge in [-0.3, -0.25) is 4.84 Å². The number of allylic oxidation sites excluding steroid dienone is 2. The molecule has 0 bridgehead atoms. The Labute approximate surface area is 69.2 Å². The summed E-state index contributed by atoms with van der Waals surface area (Å²) in [6.45, 7) is 2.66. The minimum atomic E-state index is 0.178. The van der Waals surface area contributed by atoms with Crippen molar-refractivity contribution in [3.63, 3.8) is 0 Å². The number of nitrogens with zero attached hydrogens (tertiary/aromatic N) is 1.